The second kappa shape index (κ2) is 6.73. The zero-order chi connectivity index (χ0) is 15.5. The van der Waals surface area contributed by atoms with Crippen LogP contribution in [0.4, 0.5) is 4.39 Å². The van der Waals surface area contributed by atoms with Gasteiger partial charge in [-0.25, -0.2) is 4.39 Å². The normalized spacial score (nSPS) is 21.4. The van der Waals surface area contributed by atoms with Crippen LogP contribution < -0.4 is 5.32 Å². The highest BCUT2D eigenvalue weighted by Crippen LogP contribution is 2.33. The molecule has 2 heterocycles. The van der Waals surface area contributed by atoms with Crippen molar-refractivity contribution in [1.29, 1.82) is 0 Å². The maximum Gasteiger partial charge on any atom is 0.256 e. The lowest BCUT2D eigenvalue weighted by Crippen LogP contribution is -2.25. The van der Waals surface area contributed by atoms with E-state index >= 15 is 0 Å². The lowest BCUT2D eigenvalue weighted by Gasteiger charge is -2.16. The first-order valence-corrected chi connectivity index (χ1v) is 7.58. The molecule has 0 aliphatic carbocycles. The number of benzene rings is 1. The molecule has 1 aliphatic rings. The van der Waals surface area contributed by atoms with Gasteiger partial charge in [-0.1, -0.05) is 28.9 Å². The highest BCUT2D eigenvalue weighted by atomic mass is 35.5. The van der Waals surface area contributed by atoms with Crippen LogP contribution in [-0.2, 0) is 11.3 Å². The summed E-state index contributed by atoms with van der Waals surface area (Å²) in [7, 11) is 0. The summed E-state index contributed by atoms with van der Waals surface area (Å²) in [6.07, 6.45) is 0.704. The summed E-state index contributed by atoms with van der Waals surface area (Å²) in [4.78, 5) is 4.23. The molecule has 118 valence electrons. The lowest BCUT2D eigenvalue weighted by atomic mass is 10.0. The molecule has 22 heavy (non-hydrogen) atoms. The van der Waals surface area contributed by atoms with Gasteiger partial charge in [0.15, 0.2) is 5.82 Å². The molecule has 0 saturated carbocycles. The second-order valence-corrected chi connectivity index (χ2v) is 5.77. The summed E-state index contributed by atoms with van der Waals surface area (Å²) in [5, 5.41) is 7.19. The third-order valence-electron chi connectivity index (χ3n) is 3.75. The Balaban J connectivity index is 1.58. The minimum atomic E-state index is -0.372. The third kappa shape index (κ3) is 3.29. The van der Waals surface area contributed by atoms with E-state index in [1.807, 2.05) is 0 Å². The highest BCUT2D eigenvalue weighted by molar-refractivity contribution is 6.30. The zero-order valence-corrected chi connectivity index (χ0v) is 12.9. The van der Waals surface area contributed by atoms with Crippen molar-refractivity contribution in [3.63, 3.8) is 0 Å². The SMILES string of the molecule is Cc1noc([C@H]2OCC[C@H]2CNCc2cccc(Cl)c2F)n1. The van der Waals surface area contributed by atoms with Crippen molar-refractivity contribution in [2.45, 2.75) is 26.0 Å². The molecule has 0 spiro atoms. The number of hydrogen-bond acceptors (Lipinski definition) is 5. The number of nitrogens with zero attached hydrogens (tertiary/aromatic N) is 2. The first kappa shape index (κ1) is 15.4. The monoisotopic (exact) mass is 325 g/mol. The first-order valence-electron chi connectivity index (χ1n) is 7.20. The first-order chi connectivity index (χ1) is 10.6. The molecule has 5 nitrogen and oxygen atoms in total. The molecule has 7 heteroatoms. The van der Waals surface area contributed by atoms with Gasteiger partial charge in [-0.2, -0.15) is 4.98 Å². The van der Waals surface area contributed by atoms with Crippen LogP contribution in [-0.4, -0.2) is 23.3 Å². The number of ether oxygens (including phenoxy) is 1. The molecule has 1 fully saturated rings. The van der Waals surface area contributed by atoms with Crippen molar-refractivity contribution in [2.75, 3.05) is 13.2 Å². The molecule has 2 aromatic rings. The number of halogens is 2. The van der Waals surface area contributed by atoms with Gasteiger partial charge in [-0.3, -0.25) is 0 Å². The van der Waals surface area contributed by atoms with Crippen LogP contribution in [0.25, 0.3) is 0 Å². The van der Waals surface area contributed by atoms with Gasteiger partial charge in [0.05, 0.1) is 5.02 Å². The van der Waals surface area contributed by atoms with Gasteiger partial charge < -0.3 is 14.6 Å². The Kier molecular flexibility index (Phi) is 4.71. The summed E-state index contributed by atoms with van der Waals surface area (Å²) >= 11 is 5.78. The molecule has 1 aromatic carbocycles. The van der Waals surface area contributed by atoms with E-state index in [2.05, 4.69) is 15.5 Å². The number of nitrogens with one attached hydrogen (secondary N) is 1. The van der Waals surface area contributed by atoms with Crippen LogP contribution in [0.3, 0.4) is 0 Å². The third-order valence-corrected chi connectivity index (χ3v) is 4.05. The van der Waals surface area contributed by atoms with Crippen LogP contribution in [0.1, 0.15) is 29.8 Å². The minimum Gasteiger partial charge on any atom is -0.368 e. The fourth-order valence-electron chi connectivity index (χ4n) is 2.62. The second-order valence-electron chi connectivity index (χ2n) is 5.36. The molecule has 3 rings (SSSR count). The van der Waals surface area contributed by atoms with Crippen molar-refractivity contribution in [2.24, 2.45) is 5.92 Å². The molecule has 1 aliphatic heterocycles. The molecule has 1 N–H and O–H groups in total. The van der Waals surface area contributed by atoms with Crippen molar-refractivity contribution in [3.05, 3.63) is 46.3 Å². The minimum absolute atomic E-state index is 0.141. The van der Waals surface area contributed by atoms with Gasteiger partial charge in [0.2, 0.25) is 0 Å². The Morgan fingerprint density at radius 1 is 1.45 bits per heavy atom. The largest absolute Gasteiger partial charge is 0.368 e. The van der Waals surface area contributed by atoms with E-state index in [9.17, 15) is 4.39 Å². The van der Waals surface area contributed by atoms with Crippen molar-refractivity contribution >= 4 is 11.6 Å². The average Bonchev–Trinajstić information content (AvgIpc) is 3.12. The van der Waals surface area contributed by atoms with Gasteiger partial charge in [0, 0.05) is 31.2 Å². The van der Waals surface area contributed by atoms with E-state index in [-0.39, 0.29) is 22.9 Å². The summed E-state index contributed by atoms with van der Waals surface area (Å²) in [5.74, 6) is 0.958. The molecule has 0 radical (unpaired) electrons. The van der Waals surface area contributed by atoms with E-state index in [4.69, 9.17) is 20.9 Å². The van der Waals surface area contributed by atoms with Crippen LogP contribution in [0.15, 0.2) is 22.7 Å². The maximum absolute atomic E-state index is 13.8. The average molecular weight is 326 g/mol. The van der Waals surface area contributed by atoms with Crippen molar-refractivity contribution < 1.29 is 13.7 Å². The van der Waals surface area contributed by atoms with Crippen molar-refractivity contribution in [1.82, 2.24) is 15.5 Å². The van der Waals surface area contributed by atoms with Crippen molar-refractivity contribution in [3.8, 4) is 0 Å². The van der Waals surface area contributed by atoms with Gasteiger partial charge in [-0.15, -0.1) is 0 Å². The smallest absolute Gasteiger partial charge is 0.256 e. The molecule has 0 unspecified atom stereocenters. The number of rotatable bonds is 5. The predicted molar refractivity (Wildman–Crippen MR) is 79.0 cm³/mol. The van der Waals surface area contributed by atoms with E-state index in [0.717, 1.165) is 6.42 Å². The topological polar surface area (TPSA) is 60.2 Å². The lowest BCUT2D eigenvalue weighted by molar-refractivity contribution is 0.0623. The van der Waals surface area contributed by atoms with Gasteiger partial charge in [0.1, 0.15) is 11.9 Å². The Morgan fingerprint density at radius 2 is 2.32 bits per heavy atom. The molecule has 0 bridgehead atoms. The molecule has 2 atom stereocenters. The Morgan fingerprint density at radius 3 is 3.09 bits per heavy atom. The fraction of sp³-hybridized carbons (Fsp3) is 0.467. The fourth-order valence-corrected chi connectivity index (χ4v) is 2.82. The van der Waals surface area contributed by atoms with Crippen LogP contribution in [0, 0.1) is 18.7 Å². The predicted octanol–water partition coefficient (Wildman–Crippen LogP) is 3.04. The maximum atomic E-state index is 13.8. The quantitative estimate of drug-likeness (QED) is 0.915. The summed E-state index contributed by atoms with van der Waals surface area (Å²) in [5.41, 5.74) is 0.552. The standard InChI is InChI=1S/C15H17ClFN3O2/c1-9-19-15(22-20-9)14-11(5-6-21-14)8-18-7-10-3-2-4-12(16)13(10)17/h2-4,11,14,18H,5-8H2,1H3/t11-,14-/m0/s1. The number of hydrogen-bond donors (Lipinski definition) is 1. The van der Waals surface area contributed by atoms with Gasteiger partial charge in [-0.05, 0) is 19.4 Å². The Bertz CT molecular complexity index is 649. The van der Waals surface area contributed by atoms with E-state index in [1.54, 1.807) is 25.1 Å². The Hall–Kier alpha value is -1.50. The zero-order valence-electron chi connectivity index (χ0n) is 12.2. The molecule has 1 aromatic heterocycles. The molecule has 1 saturated heterocycles. The van der Waals surface area contributed by atoms with Crippen LogP contribution in [0.2, 0.25) is 5.02 Å². The molecule has 0 amide bonds. The number of aromatic nitrogens is 2. The van der Waals surface area contributed by atoms with Crippen LogP contribution in [0.5, 0.6) is 0 Å². The van der Waals surface area contributed by atoms with E-state index in [0.29, 0.717) is 37.0 Å². The van der Waals surface area contributed by atoms with E-state index < -0.39 is 0 Å². The Labute approximate surface area is 132 Å². The highest BCUT2D eigenvalue weighted by Gasteiger charge is 2.33. The summed E-state index contributed by atoms with van der Waals surface area (Å²) in [6.45, 7) is 3.53. The van der Waals surface area contributed by atoms with Gasteiger partial charge >= 0.3 is 0 Å². The van der Waals surface area contributed by atoms with Crippen LogP contribution >= 0.6 is 11.6 Å². The van der Waals surface area contributed by atoms with E-state index in [1.165, 1.54) is 0 Å². The molecular weight excluding hydrogens is 309 g/mol. The summed E-state index contributed by atoms with van der Waals surface area (Å²) in [6, 6.07) is 5.00. The van der Waals surface area contributed by atoms with Gasteiger partial charge in [0.25, 0.3) is 5.89 Å². The molecular formula is C15H17ClFN3O2. The number of aryl methyl sites for hydroxylation is 1. The summed E-state index contributed by atoms with van der Waals surface area (Å²) < 4.78 is 24.7.